The van der Waals surface area contributed by atoms with Crippen LogP contribution in [0.15, 0.2) is 76.2 Å². The van der Waals surface area contributed by atoms with Crippen molar-refractivity contribution >= 4 is 22.6 Å². The lowest BCUT2D eigenvalue weighted by molar-refractivity contribution is -0.116. The fourth-order valence-electron chi connectivity index (χ4n) is 3.96. The normalized spacial score (nSPS) is 11.0. The Morgan fingerprint density at radius 3 is 2.69 bits per heavy atom. The van der Waals surface area contributed by atoms with Gasteiger partial charge in [-0.3, -0.25) is 9.59 Å². The van der Waals surface area contributed by atoms with Crippen molar-refractivity contribution in [3.8, 4) is 28.6 Å². The molecule has 0 aliphatic carbocycles. The van der Waals surface area contributed by atoms with Crippen LogP contribution >= 0.6 is 0 Å². The first-order valence-corrected chi connectivity index (χ1v) is 11.3. The Morgan fingerprint density at radius 2 is 1.89 bits per heavy atom. The van der Waals surface area contributed by atoms with Crippen LogP contribution in [0.25, 0.3) is 33.9 Å². The fourth-order valence-corrected chi connectivity index (χ4v) is 3.96. The third-order valence-electron chi connectivity index (χ3n) is 5.69. The van der Waals surface area contributed by atoms with Crippen LogP contribution < -0.4 is 15.5 Å². The van der Waals surface area contributed by atoms with Gasteiger partial charge in [0, 0.05) is 17.5 Å². The van der Waals surface area contributed by atoms with E-state index in [-0.39, 0.29) is 29.3 Å². The van der Waals surface area contributed by atoms with Crippen molar-refractivity contribution in [1.29, 1.82) is 0 Å². The SMILES string of the molecule is COc1ccccc1NC(=O)Cn1cc(-c2nc(-c3cccc(C)c3)no2)c(=O)c2ccc(C)nc21. The number of fused-ring (bicyclic) bond motifs is 1. The Bertz CT molecular complexity index is 1650. The molecule has 1 N–H and O–H groups in total. The van der Waals surface area contributed by atoms with Gasteiger partial charge < -0.3 is 19.1 Å². The summed E-state index contributed by atoms with van der Waals surface area (Å²) in [5.41, 5.74) is 3.35. The second-order valence-corrected chi connectivity index (χ2v) is 8.36. The fraction of sp³-hybridized carbons (Fsp3) is 0.148. The first-order chi connectivity index (χ1) is 17.4. The van der Waals surface area contributed by atoms with Crippen molar-refractivity contribution in [2.75, 3.05) is 12.4 Å². The highest BCUT2D eigenvalue weighted by Gasteiger charge is 2.19. The van der Waals surface area contributed by atoms with E-state index < -0.39 is 0 Å². The molecule has 0 fully saturated rings. The van der Waals surface area contributed by atoms with E-state index in [1.54, 1.807) is 34.9 Å². The molecule has 0 radical (unpaired) electrons. The van der Waals surface area contributed by atoms with Gasteiger partial charge in [-0.15, -0.1) is 0 Å². The van der Waals surface area contributed by atoms with E-state index in [0.717, 1.165) is 11.1 Å². The molecule has 0 spiro atoms. The highest BCUT2D eigenvalue weighted by Crippen LogP contribution is 2.25. The Labute approximate surface area is 206 Å². The van der Waals surface area contributed by atoms with Crippen LogP contribution in [0.3, 0.4) is 0 Å². The zero-order valence-corrected chi connectivity index (χ0v) is 20.0. The molecule has 9 nitrogen and oxygen atoms in total. The van der Waals surface area contributed by atoms with Crippen LogP contribution in [0, 0.1) is 13.8 Å². The number of rotatable bonds is 6. The molecular formula is C27H23N5O4. The molecule has 36 heavy (non-hydrogen) atoms. The van der Waals surface area contributed by atoms with Crippen LogP contribution in [0.1, 0.15) is 11.3 Å². The van der Waals surface area contributed by atoms with E-state index in [1.807, 2.05) is 44.2 Å². The molecule has 1 amide bonds. The summed E-state index contributed by atoms with van der Waals surface area (Å²) in [4.78, 5) is 35.3. The van der Waals surface area contributed by atoms with Gasteiger partial charge in [-0.05, 0) is 44.2 Å². The number of aromatic nitrogens is 4. The predicted molar refractivity (Wildman–Crippen MR) is 136 cm³/mol. The van der Waals surface area contributed by atoms with Gasteiger partial charge in [0.1, 0.15) is 23.5 Å². The summed E-state index contributed by atoms with van der Waals surface area (Å²) in [5.74, 6) is 0.665. The molecule has 2 aromatic carbocycles. The number of carbonyl (C=O) groups excluding carboxylic acids is 1. The number of nitrogens with zero attached hydrogens (tertiary/aromatic N) is 4. The maximum absolute atomic E-state index is 13.4. The minimum Gasteiger partial charge on any atom is -0.495 e. The molecule has 0 saturated heterocycles. The first kappa shape index (κ1) is 23.0. The van der Waals surface area contributed by atoms with E-state index in [9.17, 15) is 9.59 Å². The molecule has 0 saturated carbocycles. The molecule has 180 valence electrons. The minimum absolute atomic E-state index is 0.0675. The number of anilines is 1. The average Bonchev–Trinajstić information content (AvgIpc) is 3.36. The summed E-state index contributed by atoms with van der Waals surface area (Å²) < 4.78 is 12.4. The minimum atomic E-state index is -0.315. The Morgan fingerprint density at radius 1 is 1.06 bits per heavy atom. The molecule has 3 heterocycles. The van der Waals surface area contributed by atoms with E-state index in [0.29, 0.717) is 34.0 Å². The number of carbonyl (C=O) groups is 1. The molecular weight excluding hydrogens is 458 g/mol. The lowest BCUT2D eigenvalue weighted by atomic mass is 10.1. The summed E-state index contributed by atoms with van der Waals surface area (Å²) in [6.07, 6.45) is 1.53. The number of methoxy groups -OCH3 is 1. The lowest BCUT2D eigenvalue weighted by Gasteiger charge is -2.13. The van der Waals surface area contributed by atoms with E-state index in [2.05, 4.69) is 20.4 Å². The number of aryl methyl sites for hydroxylation is 2. The van der Waals surface area contributed by atoms with Crippen LogP contribution in [0.2, 0.25) is 0 Å². The number of pyridine rings is 2. The summed E-state index contributed by atoms with van der Waals surface area (Å²) in [5, 5.41) is 7.26. The summed E-state index contributed by atoms with van der Waals surface area (Å²) in [6.45, 7) is 3.69. The Balaban J connectivity index is 1.55. The number of para-hydroxylation sites is 2. The van der Waals surface area contributed by atoms with Gasteiger partial charge in [0.05, 0.1) is 18.2 Å². The topological polar surface area (TPSA) is 112 Å². The van der Waals surface area contributed by atoms with Crippen LogP contribution in [-0.4, -0.2) is 32.7 Å². The van der Waals surface area contributed by atoms with Crippen LogP contribution in [0.4, 0.5) is 5.69 Å². The smallest absolute Gasteiger partial charge is 0.263 e. The Kier molecular flexibility index (Phi) is 6.03. The summed E-state index contributed by atoms with van der Waals surface area (Å²) in [7, 11) is 1.54. The predicted octanol–water partition coefficient (Wildman–Crippen LogP) is 4.38. The number of benzene rings is 2. The molecule has 0 unspecified atom stereocenters. The van der Waals surface area contributed by atoms with E-state index >= 15 is 0 Å². The first-order valence-electron chi connectivity index (χ1n) is 11.3. The number of hydrogen-bond acceptors (Lipinski definition) is 7. The van der Waals surface area contributed by atoms with Crippen LogP contribution in [-0.2, 0) is 11.3 Å². The van der Waals surface area contributed by atoms with Crippen molar-refractivity contribution < 1.29 is 14.1 Å². The number of ether oxygens (including phenoxy) is 1. The number of nitrogens with one attached hydrogen (secondary N) is 1. The number of hydrogen-bond donors (Lipinski definition) is 1. The van der Waals surface area contributed by atoms with Crippen LogP contribution in [0.5, 0.6) is 5.75 Å². The maximum atomic E-state index is 13.4. The molecule has 0 aliphatic heterocycles. The van der Waals surface area contributed by atoms with Gasteiger partial charge >= 0.3 is 0 Å². The standard InChI is InChI=1S/C27H23N5O4/c1-16-7-6-8-18(13-16)25-30-27(36-31-25)20-14-32(26-19(24(20)34)12-11-17(2)28-26)15-23(33)29-21-9-4-5-10-22(21)35-3/h4-14H,15H2,1-3H3,(H,29,33). The lowest BCUT2D eigenvalue weighted by Crippen LogP contribution is -2.22. The average molecular weight is 482 g/mol. The van der Waals surface area contributed by atoms with Crippen molar-refractivity contribution in [3.63, 3.8) is 0 Å². The largest absolute Gasteiger partial charge is 0.495 e. The quantitative estimate of drug-likeness (QED) is 0.383. The van der Waals surface area contributed by atoms with Gasteiger partial charge in [-0.1, -0.05) is 41.1 Å². The zero-order chi connectivity index (χ0) is 25.2. The van der Waals surface area contributed by atoms with Gasteiger partial charge in [0.15, 0.2) is 0 Å². The van der Waals surface area contributed by atoms with Gasteiger partial charge in [-0.2, -0.15) is 4.98 Å². The third-order valence-corrected chi connectivity index (χ3v) is 5.69. The molecule has 9 heteroatoms. The third kappa shape index (κ3) is 4.46. The highest BCUT2D eigenvalue weighted by atomic mass is 16.5. The van der Waals surface area contributed by atoms with E-state index in [1.165, 1.54) is 13.3 Å². The maximum Gasteiger partial charge on any atom is 0.263 e. The van der Waals surface area contributed by atoms with Gasteiger partial charge in [0.2, 0.25) is 17.2 Å². The van der Waals surface area contributed by atoms with Crippen molar-refractivity contribution in [1.82, 2.24) is 19.7 Å². The highest BCUT2D eigenvalue weighted by molar-refractivity contribution is 5.93. The van der Waals surface area contributed by atoms with Crippen molar-refractivity contribution in [2.45, 2.75) is 20.4 Å². The van der Waals surface area contributed by atoms with E-state index in [4.69, 9.17) is 9.26 Å². The second-order valence-electron chi connectivity index (χ2n) is 8.36. The second kappa shape index (κ2) is 9.46. The molecule has 5 aromatic rings. The Hall–Kier alpha value is -4.79. The van der Waals surface area contributed by atoms with Gasteiger partial charge in [-0.25, -0.2) is 4.98 Å². The summed E-state index contributed by atoms with van der Waals surface area (Å²) in [6, 6.07) is 18.2. The number of amides is 1. The molecule has 0 bridgehead atoms. The van der Waals surface area contributed by atoms with Gasteiger partial charge in [0.25, 0.3) is 5.89 Å². The monoisotopic (exact) mass is 481 g/mol. The zero-order valence-electron chi connectivity index (χ0n) is 20.0. The van der Waals surface area contributed by atoms with Crippen molar-refractivity contribution in [3.05, 3.63) is 88.3 Å². The molecule has 0 aliphatic rings. The summed E-state index contributed by atoms with van der Waals surface area (Å²) >= 11 is 0. The molecule has 0 atom stereocenters. The van der Waals surface area contributed by atoms with Crippen molar-refractivity contribution in [2.24, 2.45) is 0 Å². The molecule has 5 rings (SSSR count). The molecule has 3 aromatic heterocycles.